The van der Waals surface area contributed by atoms with Crippen LogP contribution in [0.2, 0.25) is 10.2 Å². The van der Waals surface area contributed by atoms with Gasteiger partial charge in [0.2, 0.25) is 12.2 Å². The fourth-order valence-electron chi connectivity index (χ4n) is 2.07. The lowest BCUT2D eigenvalue weighted by molar-refractivity contribution is 0.811. The Balaban J connectivity index is 0.00000392. The van der Waals surface area contributed by atoms with Crippen LogP contribution in [0.25, 0.3) is 6.08 Å². The summed E-state index contributed by atoms with van der Waals surface area (Å²) in [7, 11) is 0. The summed E-state index contributed by atoms with van der Waals surface area (Å²) in [6, 6.07) is 7.57. The molecule has 1 aromatic carbocycles. The third kappa shape index (κ3) is 9.38. The predicted molar refractivity (Wildman–Crippen MR) is 121 cm³/mol. The molecule has 0 aliphatic heterocycles. The number of halogens is 3. The Kier molecular flexibility index (Phi) is 12.3. The second-order valence-electron chi connectivity index (χ2n) is 5.39. The highest BCUT2D eigenvalue weighted by Gasteiger charge is 2.02. The van der Waals surface area contributed by atoms with Gasteiger partial charge in [0.25, 0.3) is 0 Å². The normalized spacial score (nSPS) is 11.1. The molecule has 10 heteroatoms. The number of hydrogen-bond donors (Lipinski definition) is 3. The molecule has 0 fully saturated rings. The van der Waals surface area contributed by atoms with Crippen LogP contribution in [0.5, 0.6) is 0 Å². The number of imidazole rings is 1. The molecule has 0 spiro atoms. The Morgan fingerprint density at radius 1 is 1.29 bits per heavy atom. The van der Waals surface area contributed by atoms with E-state index in [1.54, 1.807) is 24.3 Å². The van der Waals surface area contributed by atoms with Crippen molar-refractivity contribution in [3.63, 3.8) is 0 Å². The molecule has 2 aromatic rings. The van der Waals surface area contributed by atoms with Gasteiger partial charge in [0, 0.05) is 23.9 Å². The molecule has 28 heavy (non-hydrogen) atoms. The van der Waals surface area contributed by atoms with Crippen molar-refractivity contribution in [1.82, 2.24) is 20.6 Å². The average molecular weight is 460 g/mol. The number of rotatable bonds is 9. The van der Waals surface area contributed by atoms with E-state index in [0.717, 1.165) is 35.7 Å². The minimum Gasteiger partial charge on any atom is -0.355 e. The standard InChI is InChI=1S/C18H20Cl2N6S.ClH/c19-15-6-4-14(5-7-15)3-1-8-22-18(24-12-21)23-9-2-10-27-11-16-17(20)26-13-25-16;/h1,3-7,13H,2,8-11H2,(H,25,26)(H2,22,23,24);1H/b3-1+;. The van der Waals surface area contributed by atoms with Crippen molar-refractivity contribution in [2.24, 2.45) is 4.99 Å². The summed E-state index contributed by atoms with van der Waals surface area (Å²) in [5, 5.41) is 16.3. The highest BCUT2D eigenvalue weighted by Crippen LogP contribution is 2.17. The molecule has 0 unspecified atom stereocenters. The smallest absolute Gasteiger partial charge is 0.209 e. The highest BCUT2D eigenvalue weighted by atomic mass is 35.5. The van der Waals surface area contributed by atoms with Gasteiger partial charge in [-0.15, -0.1) is 17.4 Å². The Morgan fingerprint density at radius 3 is 2.75 bits per heavy atom. The SMILES string of the molecule is Cl.N#C/N=C(/NC/C=C/c1ccc(Cl)cc1)NCCCSCc1nc[nH]c1Cl. The summed E-state index contributed by atoms with van der Waals surface area (Å²) >= 11 is 13.6. The van der Waals surface area contributed by atoms with Crippen LogP contribution in [0.4, 0.5) is 0 Å². The van der Waals surface area contributed by atoms with Gasteiger partial charge < -0.3 is 15.6 Å². The van der Waals surface area contributed by atoms with E-state index in [4.69, 9.17) is 28.5 Å². The van der Waals surface area contributed by atoms with E-state index in [9.17, 15) is 0 Å². The number of guanidine groups is 1. The maximum atomic E-state index is 8.80. The number of H-pyrrole nitrogens is 1. The number of aromatic amines is 1. The molecule has 0 aliphatic carbocycles. The first-order chi connectivity index (χ1) is 13.2. The molecule has 150 valence electrons. The molecule has 0 atom stereocenters. The summed E-state index contributed by atoms with van der Waals surface area (Å²) in [6.07, 6.45) is 8.26. The highest BCUT2D eigenvalue weighted by molar-refractivity contribution is 7.98. The maximum Gasteiger partial charge on any atom is 0.209 e. The van der Waals surface area contributed by atoms with Gasteiger partial charge in [-0.05, 0) is 29.9 Å². The second-order valence-corrected chi connectivity index (χ2v) is 7.31. The molecule has 0 radical (unpaired) electrons. The topological polar surface area (TPSA) is 88.9 Å². The first kappa shape index (κ1) is 24.2. The molecule has 0 saturated heterocycles. The predicted octanol–water partition coefficient (Wildman–Crippen LogP) is 4.49. The zero-order valence-corrected chi connectivity index (χ0v) is 18.1. The van der Waals surface area contributed by atoms with E-state index in [2.05, 4.69) is 25.6 Å². The molecular formula is C18H21Cl3N6S. The van der Waals surface area contributed by atoms with E-state index < -0.39 is 0 Å². The minimum atomic E-state index is 0. The summed E-state index contributed by atoms with van der Waals surface area (Å²) in [4.78, 5) is 10.8. The molecule has 0 saturated carbocycles. The van der Waals surface area contributed by atoms with Crippen LogP contribution in [0, 0.1) is 11.5 Å². The molecule has 0 amide bonds. The number of benzene rings is 1. The van der Waals surface area contributed by atoms with Crippen molar-refractivity contribution in [2.75, 3.05) is 18.8 Å². The third-order valence-corrected chi connectivity index (χ3v) is 5.03. The first-order valence-electron chi connectivity index (χ1n) is 8.31. The van der Waals surface area contributed by atoms with Crippen LogP contribution in [-0.2, 0) is 5.75 Å². The van der Waals surface area contributed by atoms with Crippen molar-refractivity contribution >= 4 is 59.4 Å². The molecule has 2 rings (SSSR count). The molecule has 3 N–H and O–H groups in total. The average Bonchev–Trinajstić information content (AvgIpc) is 3.07. The molecule has 0 bridgehead atoms. The van der Waals surface area contributed by atoms with Gasteiger partial charge >= 0.3 is 0 Å². The number of thioether (sulfide) groups is 1. The number of aliphatic imine (C=N–C) groups is 1. The lowest BCUT2D eigenvalue weighted by Gasteiger charge is -2.09. The van der Waals surface area contributed by atoms with Crippen LogP contribution >= 0.6 is 47.4 Å². The van der Waals surface area contributed by atoms with Crippen molar-refractivity contribution in [2.45, 2.75) is 12.2 Å². The van der Waals surface area contributed by atoms with Gasteiger partial charge in [-0.2, -0.15) is 17.0 Å². The Bertz CT molecular complexity index is 798. The lowest BCUT2D eigenvalue weighted by Crippen LogP contribution is -2.37. The quantitative estimate of drug-likeness (QED) is 0.222. The number of hydrogen-bond acceptors (Lipinski definition) is 4. The first-order valence-corrected chi connectivity index (χ1v) is 10.2. The van der Waals surface area contributed by atoms with Gasteiger partial charge in [-0.3, -0.25) is 0 Å². The van der Waals surface area contributed by atoms with Crippen LogP contribution in [-0.4, -0.2) is 34.8 Å². The number of nitriles is 1. The Labute approximate surface area is 185 Å². The fourth-order valence-corrected chi connectivity index (χ4v) is 3.35. The Morgan fingerprint density at radius 2 is 2.07 bits per heavy atom. The van der Waals surface area contributed by atoms with Gasteiger partial charge in [0.15, 0.2) is 0 Å². The molecular weight excluding hydrogens is 439 g/mol. The van der Waals surface area contributed by atoms with Crippen molar-refractivity contribution in [1.29, 1.82) is 5.26 Å². The molecule has 6 nitrogen and oxygen atoms in total. The summed E-state index contributed by atoms with van der Waals surface area (Å²) in [5.41, 5.74) is 1.93. The third-order valence-electron chi connectivity index (χ3n) is 3.39. The molecule has 1 heterocycles. The van der Waals surface area contributed by atoms with Crippen LogP contribution in [0.1, 0.15) is 17.7 Å². The van der Waals surface area contributed by atoms with E-state index in [-0.39, 0.29) is 12.4 Å². The van der Waals surface area contributed by atoms with Crippen LogP contribution < -0.4 is 10.6 Å². The summed E-state index contributed by atoms with van der Waals surface area (Å²) in [5.74, 6) is 2.19. The van der Waals surface area contributed by atoms with Crippen molar-refractivity contribution in [3.8, 4) is 6.19 Å². The van der Waals surface area contributed by atoms with Crippen molar-refractivity contribution < 1.29 is 0 Å². The molecule has 1 aromatic heterocycles. The zero-order valence-electron chi connectivity index (χ0n) is 15.0. The fraction of sp³-hybridized carbons (Fsp3) is 0.278. The van der Waals surface area contributed by atoms with E-state index >= 15 is 0 Å². The Hall–Kier alpha value is -1.85. The van der Waals surface area contributed by atoms with E-state index in [1.807, 2.05) is 36.4 Å². The number of aromatic nitrogens is 2. The van der Waals surface area contributed by atoms with E-state index in [0.29, 0.717) is 22.7 Å². The zero-order chi connectivity index (χ0) is 19.3. The van der Waals surface area contributed by atoms with Gasteiger partial charge in [-0.1, -0.05) is 47.5 Å². The second kappa shape index (κ2) is 14.2. The monoisotopic (exact) mass is 458 g/mol. The molecule has 0 aliphatic rings. The van der Waals surface area contributed by atoms with Gasteiger partial charge in [0.05, 0.1) is 12.0 Å². The summed E-state index contributed by atoms with van der Waals surface area (Å²) < 4.78 is 0. The van der Waals surface area contributed by atoms with E-state index in [1.165, 1.54) is 0 Å². The van der Waals surface area contributed by atoms with Crippen LogP contribution in [0.15, 0.2) is 41.7 Å². The van der Waals surface area contributed by atoms with Gasteiger partial charge in [0.1, 0.15) is 5.15 Å². The number of nitrogens with one attached hydrogen (secondary N) is 3. The number of nitrogens with zero attached hydrogens (tertiary/aromatic N) is 3. The minimum absolute atomic E-state index is 0. The van der Waals surface area contributed by atoms with Gasteiger partial charge in [-0.25, -0.2) is 4.98 Å². The summed E-state index contributed by atoms with van der Waals surface area (Å²) in [6.45, 7) is 1.28. The lowest BCUT2D eigenvalue weighted by atomic mass is 10.2. The maximum absolute atomic E-state index is 8.80. The van der Waals surface area contributed by atoms with Crippen molar-refractivity contribution in [3.05, 3.63) is 58.1 Å². The van der Waals surface area contributed by atoms with Crippen LogP contribution in [0.3, 0.4) is 0 Å². The largest absolute Gasteiger partial charge is 0.355 e.